The second kappa shape index (κ2) is 4.88. The maximum Gasteiger partial charge on any atom is 0.0853 e. The lowest BCUT2D eigenvalue weighted by Crippen LogP contribution is -1.91. The van der Waals surface area contributed by atoms with Gasteiger partial charge in [-0.1, -0.05) is 13.3 Å². The normalized spacial score (nSPS) is 10.2. The van der Waals surface area contributed by atoms with Crippen molar-refractivity contribution in [1.29, 1.82) is 0 Å². The van der Waals surface area contributed by atoms with Crippen LogP contribution in [0.2, 0.25) is 0 Å². The first-order valence-electron chi connectivity index (χ1n) is 4.41. The van der Waals surface area contributed by atoms with E-state index in [2.05, 4.69) is 11.9 Å². The molecule has 0 aliphatic carbocycles. The summed E-state index contributed by atoms with van der Waals surface area (Å²) in [7, 11) is 0. The van der Waals surface area contributed by atoms with Crippen LogP contribution >= 0.6 is 0 Å². The molecule has 1 rings (SSSR count). The van der Waals surface area contributed by atoms with Gasteiger partial charge in [0.15, 0.2) is 0 Å². The molecule has 0 fully saturated rings. The molecule has 0 radical (unpaired) electrons. The van der Waals surface area contributed by atoms with Crippen LogP contribution in [0.5, 0.6) is 0 Å². The van der Waals surface area contributed by atoms with Gasteiger partial charge in [-0.2, -0.15) is 0 Å². The average molecular weight is 165 g/mol. The average Bonchev–Trinajstić information content (AvgIpc) is 2.15. The summed E-state index contributed by atoms with van der Waals surface area (Å²) in [4.78, 5) is 4.02. The lowest BCUT2D eigenvalue weighted by molar-refractivity contribution is 0.276. The van der Waals surface area contributed by atoms with Crippen molar-refractivity contribution < 1.29 is 5.11 Å². The molecular formula is C10H15NO. The van der Waals surface area contributed by atoms with E-state index >= 15 is 0 Å². The second-order valence-electron chi connectivity index (χ2n) is 2.92. The molecule has 0 aromatic carbocycles. The van der Waals surface area contributed by atoms with Gasteiger partial charge in [-0.05, 0) is 30.5 Å². The quantitative estimate of drug-likeness (QED) is 0.739. The van der Waals surface area contributed by atoms with Crippen molar-refractivity contribution in [3.63, 3.8) is 0 Å². The summed E-state index contributed by atoms with van der Waals surface area (Å²) in [6, 6.07) is 3.98. The SMILES string of the molecule is CCCCc1ccnc(CO)c1. The zero-order valence-electron chi connectivity index (χ0n) is 7.45. The summed E-state index contributed by atoms with van der Waals surface area (Å²) in [5.41, 5.74) is 2.04. The standard InChI is InChI=1S/C10H15NO/c1-2-3-4-9-5-6-11-10(7-9)8-12/h5-7,12H,2-4,8H2,1H3. The minimum absolute atomic E-state index is 0.0416. The largest absolute Gasteiger partial charge is 0.390 e. The van der Waals surface area contributed by atoms with Gasteiger partial charge in [-0.15, -0.1) is 0 Å². The maximum atomic E-state index is 8.82. The Hall–Kier alpha value is -0.890. The highest BCUT2D eigenvalue weighted by Gasteiger charge is 1.94. The predicted octanol–water partition coefficient (Wildman–Crippen LogP) is 1.92. The summed E-state index contributed by atoms with van der Waals surface area (Å²) < 4.78 is 0. The molecule has 0 amide bonds. The molecule has 0 aliphatic rings. The van der Waals surface area contributed by atoms with E-state index in [1.54, 1.807) is 6.20 Å². The molecule has 0 unspecified atom stereocenters. The molecular weight excluding hydrogens is 150 g/mol. The molecule has 12 heavy (non-hydrogen) atoms. The van der Waals surface area contributed by atoms with E-state index in [1.165, 1.54) is 18.4 Å². The van der Waals surface area contributed by atoms with Gasteiger partial charge in [-0.3, -0.25) is 4.98 Å². The summed E-state index contributed by atoms with van der Waals surface area (Å²) in [5, 5.41) is 8.82. The highest BCUT2D eigenvalue weighted by molar-refractivity contribution is 5.15. The third-order valence-corrected chi connectivity index (χ3v) is 1.86. The van der Waals surface area contributed by atoms with Crippen LogP contribution in [0.4, 0.5) is 0 Å². The highest BCUT2D eigenvalue weighted by atomic mass is 16.3. The molecule has 66 valence electrons. The van der Waals surface area contributed by atoms with Crippen LogP contribution in [0.25, 0.3) is 0 Å². The van der Waals surface area contributed by atoms with E-state index in [9.17, 15) is 0 Å². The number of pyridine rings is 1. The zero-order valence-corrected chi connectivity index (χ0v) is 7.45. The first-order chi connectivity index (χ1) is 5.86. The minimum Gasteiger partial charge on any atom is -0.390 e. The van der Waals surface area contributed by atoms with Crippen molar-refractivity contribution >= 4 is 0 Å². The van der Waals surface area contributed by atoms with E-state index in [0.29, 0.717) is 0 Å². The van der Waals surface area contributed by atoms with Crippen molar-refractivity contribution in [2.75, 3.05) is 0 Å². The topological polar surface area (TPSA) is 33.1 Å². The summed E-state index contributed by atoms with van der Waals surface area (Å²) in [6.07, 6.45) is 5.26. The molecule has 1 heterocycles. The van der Waals surface area contributed by atoms with Gasteiger partial charge < -0.3 is 5.11 Å². The molecule has 0 saturated heterocycles. The molecule has 1 N–H and O–H groups in total. The van der Waals surface area contributed by atoms with Crippen LogP contribution in [0.15, 0.2) is 18.3 Å². The molecule has 0 aliphatic heterocycles. The van der Waals surface area contributed by atoms with Gasteiger partial charge in [0.2, 0.25) is 0 Å². The van der Waals surface area contributed by atoms with Crippen LogP contribution in [0, 0.1) is 0 Å². The fourth-order valence-electron chi connectivity index (χ4n) is 1.15. The van der Waals surface area contributed by atoms with Crippen molar-refractivity contribution in [2.45, 2.75) is 32.8 Å². The van der Waals surface area contributed by atoms with Gasteiger partial charge in [0.25, 0.3) is 0 Å². The van der Waals surface area contributed by atoms with Crippen LogP contribution < -0.4 is 0 Å². The van der Waals surface area contributed by atoms with E-state index in [4.69, 9.17) is 5.11 Å². The Bertz CT molecular complexity index is 235. The first kappa shape index (κ1) is 9.20. The number of aliphatic hydroxyl groups is 1. The van der Waals surface area contributed by atoms with Crippen LogP contribution in [0.1, 0.15) is 31.0 Å². The number of rotatable bonds is 4. The van der Waals surface area contributed by atoms with E-state index in [1.807, 2.05) is 12.1 Å². The Balaban J connectivity index is 2.60. The maximum absolute atomic E-state index is 8.82. The summed E-state index contributed by atoms with van der Waals surface area (Å²) in [6.45, 7) is 2.22. The van der Waals surface area contributed by atoms with Gasteiger partial charge >= 0.3 is 0 Å². The monoisotopic (exact) mass is 165 g/mol. The predicted molar refractivity (Wildman–Crippen MR) is 48.8 cm³/mol. The number of aryl methyl sites for hydroxylation is 1. The Labute approximate surface area is 73.3 Å². The number of aliphatic hydroxyl groups excluding tert-OH is 1. The van der Waals surface area contributed by atoms with Gasteiger partial charge in [0, 0.05) is 6.20 Å². The first-order valence-corrected chi connectivity index (χ1v) is 4.41. The van der Waals surface area contributed by atoms with Gasteiger partial charge in [-0.25, -0.2) is 0 Å². The fraction of sp³-hybridized carbons (Fsp3) is 0.500. The van der Waals surface area contributed by atoms with Crippen LogP contribution in [-0.2, 0) is 13.0 Å². The van der Waals surface area contributed by atoms with E-state index in [0.717, 1.165) is 12.1 Å². The minimum atomic E-state index is 0.0416. The number of nitrogens with zero attached hydrogens (tertiary/aromatic N) is 1. The third kappa shape index (κ3) is 2.62. The summed E-state index contributed by atoms with van der Waals surface area (Å²) in [5.74, 6) is 0. The van der Waals surface area contributed by atoms with Crippen LogP contribution in [0.3, 0.4) is 0 Å². The number of aromatic nitrogens is 1. The van der Waals surface area contributed by atoms with Crippen molar-refractivity contribution in [2.24, 2.45) is 0 Å². The fourth-order valence-corrected chi connectivity index (χ4v) is 1.15. The molecule has 0 bridgehead atoms. The molecule has 0 saturated carbocycles. The Morgan fingerprint density at radius 1 is 1.50 bits per heavy atom. The smallest absolute Gasteiger partial charge is 0.0853 e. The highest BCUT2D eigenvalue weighted by Crippen LogP contribution is 2.05. The number of hydrogen-bond donors (Lipinski definition) is 1. The third-order valence-electron chi connectivity index (χ3n) is 1.86. The molecule has 1 aromatic heterocycles. The number of unbranched alkanes of at least 4 members (excludes halogenated alkanes) is 1. The number of hydrogen-bond acceptors (Lipinski definition) is 2. The lowest BCUT2D eigenvalue weighted by Gasteiger charge is -2.00. The molecule has 0 atom stereocenters. The van der Waals surface area contributed by atoms with Crippen molar-refractivity contribution in [3.8, 4) is 0 Å². The van der Waals surface area contributed by atoms with Gasteiger partial charge in [0.1, 0.15) is 0 Å². The van der Waals surface area contributed by atoms with Crippen molar-refractivity contribution in [3.05, 3.63) is 29.6 Å². The van der Waals surface area contributed by atoms with Gasteiger partial charge in [0.05, 0.1) is 12.3 Å². The molecule has 2 heteroatoms. The molecule has 1 aromatic rings. The van der Waals surface area contributed by atoms with Crippen molar-refractivity contribution in [1.82, 2.24) is 4.98 Å². The molecule has 0 spiro atoms. The Morgan fingerprint density at radius 2 is 2.33 bits per heavy atom. The second-order valence-corrected chi connectivity index (χ2v) is 2.92. The van der Waals surface area contributed by atoms with Crippen LogP contribution in [-0.4, -0.2) is 10.1 Å². The Kier molecular flexibility index (Phi) is 3.74. The summed E-state index contributed by atoms with van der Waals surface area (Å²) >= 11 is 0. The Morgan fingerprint density at radius 3 is 3.00 bits per heavy atom. The van der Waals surface area contributed by atoms with E-state index < -0.39 is 0 Å². The van der Waals surface area contributed by atoms with E-state index in [-0.39, 0.29) is 6.61 Å². The lowest BCUT2D eigenvalue weighted by atomic mass is 10.1. The molecule has 2 nitrogen and oxygen atoms in total. The zero-order chi connectivity index (χ0) is 8.81.